The minimum Gasteiger partial charge on any atom is -0.353 e. The first-order valence-electron chi connectivity index (χ1n) is 5.19. The monoisotopic (exact) mass is 200 g/mol. The Balaban J connectivity index is 3.83. The summed E-state index contributed by atoms with van der Waals surface area (Å²) in [7, 11) is 4.08. The molecular weight excluding hydrogens is 176 g/mol. The molecule has 0 aliphatic carbocycles. The van der Waals surface area contributed by atoms with Gasteiger partial charge in [0.25, 0.3) is 0 Å². The molecule has 1 amide bonds. The van der Waals surface area contributed by atoms with Crippen LogP contribution in [0.25, 0.3) is 0 Å². The van der Waals surface area contributed by atoms with E-state index in [1.54, 1.807) is 0 Å². The summed E-state index contributed by atoms with van der Waals surface area (Å²) in [5.41, 5.74) is -0.285. The highest BCUT2D eigenvalue weighted by molar-refractivity contribution is 5.81. The molecule has 0 saturated heterocycles. The van der Waals surface area contributed by atoms with Gasteiger partial charge in [0, 0.05) is 11.5 Å². The van der Waals surface area contributed by atoms with Crippen molar-refractivity contribution >= 4 is 5.91 Å². The van der Waals surface area contributed by atoms with E-state index in [1.165, 1.54) is 0 Å². The van der Waals surface area contributed by atoms with Crippen LogP contribution in [0, 0.1) is 5.41 Å². The summed E-state index contributed by atoms with van der Waals surface area (Å²) >= 11 is 0. The van der Waals surface area contributed by atoms with Crippen LogP contribution in [0.5, 0.6) is 0 Å². The molecule has 0 aromatic heterocycles. The third-order valence-electron chi connectivity index (χ3n) is 2.07. The SMILES string of the molecule is CC(CCN(C)C)NC(=O)C(C)(C)C. The zero-order valence-electron chi connectivity index (χ0n) is 10.3. The predicted molar refractivity (Wildman–Crippen MR) is 60.2 cm³/mol. The van der Waals surface area contributed by atoms with E-state index in [0.717, 1.165) is 13.0 Å². The normalized spacial score (nSPS) is 14.2. The molecule has 3 heteroatoms. The fourth-order valence-electron chi connectivity index (χ4n) is 0.964. The fourth-order valence-corrected chi connectivity index (χ4v) is 0.964. The minimum atomic E-state index is -0.285. The van der Waals surface area contributed by atoms with Crippen molar-refractivity contribution < 1.29 is 4.79 Å². The molecule has 0 aliphatic heterocycles. The predicted octanol–water partition coefficient (Wildman–Crippen LogP) is 1.49. The Hall–Kier alpha value is -0.570. The highest BCUT2D eigenvalue weighted by Crippen LogP contribution is 2.13. The molecule has 84 valence electrons. The molecule has 1 N–H and O–H groups in total. The van der Waals surface area contributed by atoms with Crippen molar-refractivity contribution in [2.45, 2.75) is 40.2 Å². The molecule has 3 nitrogen and oxygen atoms in total. The summed E-state index contributed by atoms with van der Waals surface area (Å²) in [6.07, 6.45) is 0.995. The fraction of sp³-hybridized carbons (Fsp3) is 0.909. The van der Waals surface area contributed by atoms with E-state index in [4.69, 9.17) is 0 Å². The molecule has 0 aliphatic rings. The van der Waals surface area contributed by atoms with Gasteiger partial charge in [-0.2, -0.15) is 0 Å². The molecule has 0 fully saturated rings. The summed E-state index contributed by atoms with van der Waals surface area (Å²) in [6.45, 7) is 8.85. The highest BCUT2D eigenvalue weighted by Gasteiger charge is 2.22. The molecule has 0 aromatic rings. The largest absolute Gasteiger partial charge is 0.353 e. The van der Waals surface area contributed by atoms with Crippen LogP contribution in [0.3, 0.4) is 0 Å². The molecule has 14 heavy (non-hydrogen) atoms. The maximum atomic E-state index is 11.6. The van der Waals surface area contributed by atoms with Crippen LogP contribution in [0.2, 0.25) is 0 Å². The van der Waals surface area contributed by atoms with Crippen LogP contribution < -0.4 is 5.32 Å². The molecule has 1 atom stereocenters. The zero-order valence-corrected chi connectivity index (χ0v) is 10.3. The third-order valence-corrected chi connectivity index (χ3v) is 2.07. The van der Waals surface area contributed by atoms with E-state index in [-0.39, 0.29) is 17.4 Å². The first-order chi connectivity index (χ1) is 6.23. The molecule has 1 unspecified atom stereocenters. The maximum Gasteiger partial charge on any atom is 0.225 e. The lowest BCUT2D eigenvalue weighted by Crippen LogP contribution is -2.41. The number of carbonyl (C=O) groups is 1. The molecule has 0 saturated carbocycles. The van der Waals surface area contributed by atoms with Crippen LogP contribution in [0.15, 0.2) is 0 Å². The van der Waals surface area contributed by atoms with Crippen molar-refractivity contribution in [2.75, 3.05) is 20.6 Å². The number of hydrogen-bond acceptors (Lipinski definition) is 2. The number of nitrogens with zero attached hydrogens (tertiary/aromatic N) is 1. The van der Waals surface area contributed by atoms with E-state index in [9.17, 15) is 4.79 Å². The summed E-state index contributed by atoms with van der Waals surface area (Å²) in [5.74, 6) is 0.128. The topological polar surface area (TPSA) is 32.3 Å². The number of rotatable bonds is 4. The van der Waals surface area contributed by atoms with Gasteiger partial charge in [-0.05, 0) is 34.0 Å². The van der Waals surface area contributed by atoms with E-state index >= 15 is 0 Å². The lowest BCUT2D eigenvalue weighted by Gasteiger charge is -2.22. The van der Waals surface area contributed by atoms with Crippen LogP contribution in [-0.4, -0.2) is 37.5 Å². The Kier molecular flexibility index (Phi) is 5.13. The first-order valence-corrected chi connectivity index (χ1v) is 5.19. The number of carbonyl (C=O) groups excluding carboxylic acids is 1. The molecule has 0 bridgehead atoms. The Morgan fingerprint density at radius 3 is 2.21 bits per heavy atom. The van der Waals surface area contributed by atoms with Crippen LogP contribution in [0.4, 0.5) is 0 Å². The molecule has 0 rings (SSSR count). The number of amides is 1. The molecule has 0 aromatic carbocycles. The first kappa shape index (κ1) is 13.4. The van der Waals surface area contributed by atoms with Gasteiger partial charge in [-0.3, -0.25) is 4.79 Å². The molecular formula is C11H24N2O. The summed E-state index contributed by atoms with van der Waals surface area (Å²) in [5, 5.41) is 3.01. The van der Waals surface area contributed by atoms with Crippen molar-refractivity contribution in [1.82, 2.24) is 10.2 Å². The van der Waals surface area contributed by atoms with Gasteiger partial charge in [0.1, 0.15) is 0 Å². The second-order valence-electron chi connectivity index (χ2n) is 5.22. The Labute approximate surface area is 87.9 Å². The van der Waals surface area contributed by atoms with Gasteiger partial charge in [0.05, 0.1) is 0 Å². The van der Waals surface area contributed by atoms with E-state index < -0.39 is 0 Å². The van der Waals surface area contributed by atoms with Crippen molar-refractivity contribution in [2.24, 2.45) is 5.41 Å². The lowest BCUT2D eigenvalue weighted by atomic mass is 9.95. The second-order valence-corrected chi connectivity index (χ2v) is 5.22. The molecule has 0 spiro atoms. The van der Waals surface area contributed by atoms with Gasteiger partial charge in [0.15, 0.2) is 0 Å². The van der Waals surface area contributed by atoms with E-state index in [2.05, 4.69) is 10.2 Å². The standard InChI is InChI=1S/C11H24N2O/c1-9(7-8-13(5)6)12-10(14)11(2,3)4/h9H,7-8H2,1-6H3,(H,12,14). The van der Waals surface area contributed by atoms with Crippen molar-refractivity contribution in [3.63, 3.8) is 0 Å². The van der Waals surface area contributed by atoms with Crippen molar-refractivity contribution in [3.05, 3.63) is 0 Å². The Bertz CT molecular complexity index is 182. The summed E-state index contributed by atoms with van der Waals surface area (Å²) in [4.78, 5) is 13.7. The maximum absolute atomic E-state index is 11.6. The number of hydrogen-bond donors (Lipinski definition) is 1. The van der Waals surface area contributed by atoms with Crippen molar-refractivity contribution in [1.29, 1.82) is 0 Å². The lowest BCUT2D eigenvalue weighted by molar-refractivity contribution is -0.129. The van der Waals surface area contributed by atoms with Gasteiger partial charge in [-0.1, -0.05) is 20.8 Å². The third kappa shape index (κ3) is 5.97. The van der Waals surface area contributed by atoms with Crippen molar-refractivity contribution in [3.8, 4) is 0 Å². The Morgan fingerprint density at radius 2 is 1.86 bits per heavy atom. The summed E-state index contributed by atoms with van der Waals surface area (Å²) < 4.78 is 0. The van der Waals surface area contributed by atoms with Gasteiger partial charge >= 0.3 is 0 Å². The van der Waals surface area contributed by atoms with Crippen LogP contribution >= 0.6 is 0 Å². The Morgan fingerprint density at radius 1 is 1.36 bits per heavy atom. The van der Waals surface area contributed by atoms with Gasteiger partial charge in [-0.15, -0.1) is 0 Å². The average molecular weight is 200 g/mol. The van der Waals surface area contributed by atoms with Gasteiger partial charge < -0.3 is 10.2 Å². The van der Waals surface area contributed by atoms with Crippen LogP contribution in [-0.2, 0) is 4.79 Å². The van der Waals surface area contributed by atoms with E-state index in [1.807, 2.05) is 41.8 Å². The quantitative estimate of drug-likeness (QED) is 0.745. The molecule has 0 heterocycles. The number of nitrogens with one attached hydrogen (secondary N) is 1. The molecule has 0 radical (unpaired) electrons. The minimum absolute atomic E-state index is 0.128. The van der Waals surface area contributed by atoms with Gasteiger partial charge in [0.2, 0.25) is 5.91 Å². The van der Waals surface area contributed by atoms with E-state index in [0.29, 0.717) is 0 Å². The average Bonchev–Trinajstić information content (AvgIpc) is 1.99. The van der Waals surface area contributed by atoms with Gasteiger partial charge in [-0.25, -0.2) is 0 Å². The second kappa shape index (κ2) is 5.35. The smallest absolute Gasteiger partial charge is 0.225 e. The van der Waals surface area contributed by atoms with Crippen LogP contribution in [0.1, 0.15) is 34.1 Å². The highest BCUT2D eigenvalue weighted by atomic mass is 16.2. The zero-order chi connectivity index (χ0) is 11.4. The summed E-state index contributed by atoms with van der Waals surface area (Å²) in [6, 6.07) is 0.254.